The Bertz CT molecular complexity index is 1130. The van der Waals surface area contributed by atoms with Crippen LogP contribution in [0.5, 0.6) is 0 Å². The molecule has 7 heteroatoms. The summed E-state index contributed by atoms with van der Waals surface area (Å²) in [5, 5.41) is 15.2. The number of benzene rings is 3. The summed E-state index contributed by atoms with van der Waals surface area (Å²) in [6.45, 7) is 0. The first-order chi connectivity index (χ1) is 14.5. The van der Waals surface area contributed by atoms with Crippen LogP contribution in [0.2, 0.25) is 5.02 Å². The molecule has 1 fully saturated rings. The number of para-hydroxylation sites is 1. The molecule has 3 aromatic carbocycles. The van der Waals surface area contributed by atoms with Crippen molar-refractivity contribution >= 4 is 34.6 Å². The Morgan fingerprint density at radius 2 is 1.77 bits per heavy atom. The van der Waals surface area contributed by atoms with Crippen LogP contribution >= 0.6 is 11.6 Å². The summed E-state index contributed by atoms with van der Waals surface area (Å²) in [4.78, 5) is 25.6. The first kappa shape index (κ1) is 18.6. The number of carbonyl (C=O) groups is 1. The van der Waals surface area contributed by atoms with Gasteiger partial charge in [-0.2, -0.15) is 0 Å². The molecule has 1 amide bonds. The van der Waals surface area contributed by atoms with Crippen molar-refractivity contribution in [2.45, 2.75) is 18.5 Å². The van der Waals surface area contributed by atoms with E-state index in [1.165, 1.54) is 12.1 Å². The third kappa shape index (κ3) is 3.00. The Labute approximate surface area is 178 Å². The summed E-state index contributed by atoms with van der Waals surface area (Å²) in [7, 11) is 0. The van der Waals surface area contributed by atoms with Gasteiger partial charge in [-0.3, -0.25) is 14.9 Å². The highest BCUT2D eigenvalue weighted by Gasteiger charge is 2.49. The van der Waals surface area contributed by atoms with Crippen LogP contribution in [0.1, 0.15) is 29.6 Å². The maximum absolute atomic E-state index is 13.1. The monoisotopic (exact) mass is 419 g/mol. The van der Waals surface area contributed by atoms with Gasteiger partial charge in [0.15, 0.2) is 0 Å². The molecule has 1 saturated heterocycles. The highest BCUT2D eigenvalue weighted by Crippen LogP contribution is 2.53. The lowest BCUT2D eigenvalue weighted by Gasteiger charge is -2.40. The van der Waals surface area contributed by atoms with Crippen LogP contribution in [-0.4, -0.2) is 10.8 Å². The van der Waals surface area contributed by atoms with E-state index in [0.717, 1.165) is 22.5 Å². The van der Waals surface area contributed by atoms with Gasteiger partial charge >= 0.3 is 0 Å². The van der Waals surface area contributed by atoms with Crippen molar-refractivity contribution in [3.05, 3.63) is 99.1 Å². The molecule has 0 spiro atoms. The Morgan fingerprint density at radius 3 is 2.47 bits per heavy atom. The zero-order valence-corrected chi connectivity index (χ0v) is 16.6. The number of rotatable bonds is 3. The van der Waals surface area contributed by atoms with Crippen molar-refractivity contribution in [2.75, 3.05) is 10.2 Å². The predicted octanol–water partition coefficient (Wildman–Crippen LogP) is 5.51. The van der Waals surface area contributed by atoms with Gasteiger partial charge in [-0.25, -0.2) is 0 Å². The molecule has 150 valence electrons. The van der Waals surface area contributed by atoms with E-state index in [4.69, 9.17) is 11.6 Å². The summed E-state index contributed by atoms with van der Waals surface area (Å²) in [5.74, 6) is 0.0165. The van der Waals surface area contributed by atoms with Gasteiger partial charge in [0.2, 0.25) is 5.91 Å². The second kappa shape index (κ2) is 7.15. The molecule has 2 heterocycles. The van der Waals surface area contributed by atoms with E-state index >= 15 is 0 Å². The smallest absolute Gasteiger partial charge is 0.269 e. The van der Waals surface area contributed by atoms with Gasteiger partial charge in [-0.15, -0.1) is 0 Å². The van der Waals surface area contributed by atoms with Gasteiger partial charge in [0, 0.05) is 40.9 Å². The van der Waals surface area contributed by atoms with Crippen molar-refractivity contribution < 1.29 is 9.72 Å². The highest BCUT2D eigenvalue weighted by molar-refractivity contribution is 6.30. The number of non-ortho nitro benzene ring substituents is 1. The number of anilines is 2. The fourth-order valence-corrected chi connectivity index (χ4v) is 4.82. The van der Waals surface area contributed by atoms with Crippen molar-refractivity contribution in [2.24, 2.45) is 5.92 Å². The molecule has 5 rings (SSSR count). The number of fused-ring (bicyclic) bond motifs is 3. The minimum atomic E-state index is -0.408. The number of nitro groups is 1. The zero-order valence-electron chi connectivity index (χ0n) is 15.9. The van der Waals surface area contributed by atoms with Gasteiger partial charge in [-0.1, -0.05) is 41.9 Å². The lowest BCUT2D eigenvalue weighted by atomic mass is 9.80. The second-order valence-corrected chi connectivity index (χ2v) is 8.05. The van der Waals surface area contributed by atoms with E-state index in [1.807, 2.05) is 53.4 Å². The Kier molecular flexibility index (Phi) is 4.44. The van der Waals surface area contributed by atoms with Crippen molar-refractivity contribution in [1.29, 1.82) is 0 Å². The van der Waals surface area contributed by atoms with Crippen LogP contribution in [-0.2, 0) is 4.79 Å². The molecule has 0 aromatic heterocycles. The standard InChI is InChI=1S/C23H18ClN3O3/c24-15-8-11-20-18(12-15)23-19(13-21(28)26(23)16-4-2-1-3-5-16)22(25-20)14-6-9-17(10-7-14)27(29)30/h1-12,19,22-23,25H,13H2/t19-,22-,23+/m0/s1. The summed E-state index contributed by atoms with van der Waals surface area (Å²) < 4.78 is 0. The van der Waals surface area contributed by atoms with Crippen LogP contribution in [0.3, 0.4) is 0 Å². The fourth-order valence-electron chi connectivity index (χ4n) is 4.64. The normalized spacial score (nSPS) is 22.2. The molecule has 1 N–H and O–H groups in total. The SMILES string of the molecule is O=C1C[C@@H]2[C@@H](c3cc(Cl)ccc3N[C@H]2c2ccc([N+](=O)[O-])cc2)N1c1ccccc1. The highest BCUT2D eigenvalue weighted by atomic mass is 35.5. The molecular weight excluding hydrogens is 402 g/mol. The minimum absolute atomic E-state index is 0.0369. The minimum Gasteiger partial charge on any atom is -0.378 e. The maximum atomic E-state index is 13.1. The average Bonchev–Trinajstić information content (AvgIpc) is 3.11. The Morgan fingerprint density at radius 1 is 1.03 bits per heavy atom. The van der Waals surface area contributed by atoms with Crippen LogP contribution in [0.4, 0.5) is 17.1 Å². The number of hydrogen-bond donors (Lipinski definition) is 1. The number of amides is 1. The second-order valence-electron chi connectivity index (χ2n) is 7.61. The number of nitro benzene ring substituents is 1. The van der Waals surface area contributed by atoms with Gasteiger partial charge in [0.25, 0.3) is 5.69 Å². The van der Waals surface area contributed by atoms with E-state index in [0.29, 0.717) is 11.4 Å². The number of nitrogens with zero attached hydrogens (tertiary/aromatic N) is 2. The van der Waals surface area contributed by atoms with Crippen molar-refractivity contribution in [3.8, 4) is 0 Å². The van der Waals surface area contributed by atoms with E-state index in [1.54, 1.807) is 12.1 Å². The summed E-state index contributed by atoms with van der Waals surface area (Å²) in [5.41, 5.74) is 3.72. The quantitative estimate of drug-likeness (QED) is 0.448. The predicted molar refractivity (Wildman–Crippen MR) is 116 cm³/mol. The molecule has 2 aliphatic rings. The molecule has 2 aliphatic heterocycles. The number of hydrogen-bond acceptors (Lipinski definition) is 4. The molecule has 6 nitrogen and oxygen atoms in total. The first-order valence-corrected chi connectivity index (χ1v) is 10.1. The molecule has 3 aromatic rings. The molecule has 3 atom stereocenters. The van der Waals surface area contributed by atoms with Crippen LogP contribution in [0, 0.1) is 16.0 Å². The molecule has 0 unspecified atom stereocenters. The van der Waals surface area contributed by atoms with Crippen LogP contribution in [0.25, 0.3) is 0 Å². The molecule has 0 saturated carbocycles. The van der Waals surface area contributed by atoms with E-state index in [9.17, 15) is 14.9 Å². The maximum Gasteiger partial charge on any atom is 0.269 e. The lowest BCUT2D eigenvalue weighted by molar-refractivity contribution is -0.384. The molecule has 0 aliphatic carbocycles. The third-order valence-electron chi connectivity index (χ3n) is 5.93. The van der Waals surface area contributed by atoms with Gasteiger partial charge in [-0.05, 0) is 41.5 Å². The van der Waals surface area contributed by atoms with Gasteiger partial charge < -0.3 is 10.2 Å². The topological polar surface area (TPSA) is 75.5 Å². The summed E-state index contributed by atoms with van der Waals surface area (Å²) in [6, 6.07) is 21.5. The average molecular weight is 420 g/mol. The van der Waals surface area contributed by atoms with Crippen LogP contribution < -0.4 is 10.2 Å². The largest absolute Gasteiger partial charge is 0.378 e. The fraction of sp³-hybridized carbons (Fsp3) is 0.174. The van der Waals surface area contributed by atoms with Gasteiger partial charge in [0.05, 0.1) is 17.0 Å². The Hall–Kier alpha value is -3.38. The summed E-state index contributed by atoms with van der Waals surface area (Å²) in [6.07, 6.45) is 0.375. The number of halogens is 1. The molecular formula is C23H18ClN3O3. The van der Waals surface area contributed by atoms with E-state index in [-0.39, 0.29) is 29.6 Å². The Balaban J connectivity index is 1.62. The number of carbonyl (C=O) groups excluding carboxylic acids is 1. The van der Waals surface area contributed by atoms with Gasteiger partial charge in [0.1, 0.15) is 0 Å². The molecule has 30 heavy (non-hydrogen) atoms. The van der Waals surface area contributed by atoms with E-state index < -0.39 is 4.92 Å². The van der Waals surface area contributed by atoms with Crippen molar-refractivity contribution in [1.82, 2.24) is 0 Å². The molecule has 0 bridgehead atoms. The van der Waals surface area contributed by atoms with Crippen molar-refractivity contribution in [3.63, 3.8) is 0 Å². The lowest BCUT2D eigenvalue weighted by Crippen LogP contribution is -2.35. The number of nitrogens with one attached hydrogen (secondary N) is 1. The molecule has 0 radical (unpaired) electrons. The van der Waals surface area contributed by atoms with Crippen LogP contribution in [0.15, 0.2) is 72.8 Å². The summed E-state index contributed by atoms with van der Waals surface area (Å²) >= 11 is 6.30. The first-order valence-electron chi connectivity index (χ1n) is 9.70. The van der Waals surface area contributed by atoms with E-state index in [2.05, 4.69) is 5.32 Å². The third-order valence-corrected chi connectivity index (χ3v) is 6.17. The zero-order chi connectivity index (χ0) is 20.8.